The summed E-state index contributed by atoms with van der Waals surface area (Å²) in [5, 5.41) is 12.6. The van der Waals surface area contributed by atoms with E-state index in [0.717, 1.165) is 29.2 Å². The lowest BCUT2D eigenvalue weighted by Crippen LogP contribution is -2.35. The van der Waals surface area contributed by atoms with E-state index in [2.05, 4.69) is 10.3 Å². The van der Waals surface area contributed by atoms with Crippen LogP contribution in [0.15, 0.2) is 34.2 Å². The summed E-state index contributed by atoms with van der Waals surface area (Å²) < 4.78 is 1.10. The van der Waals surface area contributed by atoms with Gasteiger partial charge in [0.1, 0.15) is 6.54 Å². The SMILES string of the molecule is C[C@H](NC(=O)CSc1nc2ccccc2c(=O)n1CC(=O)O)C1CC1. The third kappa shape index (κ3) is 4.19. The molecule has 1 aromatic heterocycles. The number of thioether (sulfide) groups is 1. The quantitative estimate of drug-likeness (QED) is 0.572. The summed E-state index contributed by atoms with van der Waals surface area (Å²) in [7, 11) is 0. The number of nitrogens with zero attached hydrogens (tertiary/aromatic N) is 2. The third-order valence-electron chi connectivity index (χ3n) is 4.17. The van der Waals surface area contributed by atoms with Crippen molar-refractivity contribution < 1.29 is 14.7 Å². The Morgan fingerprint density at radius 3 is 2.80 bits per heavy atom. The maximum absolute atomic E-state index is 12.6. The van der Waals surface area contributed by atoms with E-state index in [4.69, 9.17) is 5.11 Å². The molecule has 7 nitrogen and oxygen atoms in total. The second kappa shape index (κ2) is 7.26. The second-order valence-electron chi connectivity index (χ2n) is 6.18. The van der Waals surface area contributed by atoms with E-state index in [0.29, 0.717) is 16.8 Å². The van der Waals surface area contributed by atoms with Crippen molar-refractivity contribution in [2.45, 2.75) is 37.5 Å². The number of aromatic nitrogens is 2. The monoisotopic (exact) mass is 361 g/mol. The van der Waals surface area contributed by atoms with Crippen LogP contribution in [0, 0.1) is 5.92 Å². The molecule has 1 saturated carbocycles. The van der Waals surface area contributed by atoms with E-state index in [1.807, 2.05) is 6.92 Å². The number of carbonyl (C=O) groups is 2. The number of carboxylic acids is 1. The van der Waals surface area contributed by atoms with E-state index in [1.165, 1.54) is 0 Å². The molecule has 0 aliphatic heterocycles. The number of amides is 1. The van der Waals surface area contributed by atoms with Gasteiger partial charge in [0.05, 0.1) is 16.7 Å². The molecule has 1 heterocycles. The van der Waals surface area contributed by atoms with Gasteiger partial charge in [-0.2, -0.15) is 0 Å². The first-order valence-corrected chi connectivity index (χ1v) is 9.08. The predicted molar refractivity (Wildman–Crippen MR) is 94.7 cm³/mol. The third-order valence-corrected chi connectivity index (χ3v) is 5.15. The summed E-state index contributed by atoms with van der Waals surface area (Å²) in [6, 6.07) is 6.91. The number of carboxylic acid groups (broad SMARTS) is 1. The largest absolute Gasteiger partial charge is 0.480 e. The number of nitrogens with one attached hydrogen (secondary N) is 1. The molecule has 1 fully saturated rings. The molecule has 0 spiro atoms. The van der Waals surface area contributed by atoms with Crippen LogP contribution in [-0.2, 0) is 16.1 Å². The molecule has 132 valence electrons. The minimum absolute atomic E-state index is 0.0848. The smallest absolute Gasteiger partial charge is 0.323 e. The van der Waals surface area contributed by atoms with Crippen molar-refractivity contribution >= 4 is 34.5 Å². The zero-order chi connectivity index (χ0) is 18.0. The molecule has 1 aliphatic carbocycles. The minimum atomic E-state index is -1.13. The van der Waals surface area contributed by atoms with Gasteiger partial charge in [-0.15, -0.1) is 0 Å². The first-order valence-electron chi connectivity index (χ1n) is 8.09. The van der Waals surface area contributed by atoms with Gasteiger partial charge in [0, 0.05) is 6.04 Å². The Kier molecular flexibility index (Phi) is 5.08. The van der Waals surface area contributed by atoms with Crippen molar-refractivity contribution in [3.63, 3.8) is 0 Å². The topological polar surface area (TPSA) is 101 Å². The number of hydrogen-bond donors (Lipinski definition) is 2. The van der Waals surface area contributed by atoms with Gasteiger partial charge >= 0.3 is 5.97 Å². The average molecular weight is 361 g/mol. The van der Waals surface area contributed by atoms with Gasteiger partial charge in [-0.3, -0.25) is 19.0 Å². The first-order chi connectivity index (χ1) is 12.0. The number of hydrogen-bond acceptors (Lipinski definition) is 5. The number of aliphatic carboxylic acids is 1. The lowest BCUT2D eigenvalue weighted by atomic mass is 10.2. The van der Waals surface area contributed by atoms with Crippen molar-refractivity contribution in [1.29, 1.82) is 0 Å². The summed E-state index contributed by atoms with van der Waals surface area (Å²) >= 11 is 1.08. The maximum atomic E-state index is 12.6. The Bertz CT molecular complexity index is 876. The first kappa shape index (κ1) is 17.5. The Labute approximate surface area is 148 Å². The highest BCUT2D eigenvalue weighted by molar-refractivity contribution is 7.99. The summed E-state index contributed by atoms with van der Waals surface area (Å²) in [5.41, 5.74) is 0.0747. The normalized spacial score (nSPS) is 15.1. The lowest BCUT2D eigenvalue weighted by Gasteiger charge is -2.14. The maximum Gasteiger partial charge on any atom is 0.323 e. The van der Waals surface area contributed by atoms with E-state index in [1.54, 1.807) is 24.3 Å². The van der Waals surface area contributed by atoms with Crippen LogP contribution in [0.1, 0.15) is 19.8 Å². The van der Waals surface area contributed by atoms with Gasteiger partial charge in [0.25, 0.3) is 5.56 Å². The van der Waals surface area contributed by atoms with Gasteiger partial charge in [-0.25, -0.2) is 4.98 Å². The van der Waals surface area contributed by atoms with Crippen LogP contribution >= 0.6 is 11.8 Å². The zero-order valence-corrected chi connectivity index (χ0v) is 14.6. The van der Waals surface area contributed by atoms with E-state index in [9.17, 15) is 14.4 Å². The number of benzene rings is 1. The molecule has 1 atom stereocenters. The number of para-hydroxylation sites is 1. The molecular weight excluding hydrogens is 342 g/mol. The molecule has 1 amide bonds. The van der Waals surface area contributed by atoms with Crippen LogP contribution in [0.25, 0.3) is 10.9 Å². The van der Waals surface area contributed by atoms with Crippen LogP contribution < -0.4 is 10.9 Å². The summed E-state index contributed by atoms with van der Waals surface area (Å²) in [4.78, 5) is 40.1. The Hall–Kier alpha value is -2.35. The molecule has 0 unspecified atom stereocenters. The average Bonchev–Trinajstić information content (AvgIpc) is 3.40. The number of fused-ring (bicyclic) bond motifs is 1. The van der Waals surface area contributed by atoms with Crippen molar-refractivity contribution in [3.05, 3.63) is 34.6 Å². The second-order valence-corrected chi connectivity index (χ2v) is 7.12. The van der Waals surface area contributed by atoms with Gasteiger partial charge < -0.3 is 10.4 Å². The molecule has 0 saturated heterocycles. The molecule has 0 radical (unpaired) electrons. The molecule has 1 aromatic carbocycles. The summed E-state index contributed by atoms with van der Waals surface area (Å²) in [5.74, 6) is -0.638. The molecule has 25 heavy (non-hydrogen) atoms. The molecular formula is C17H19N3O4S. The lowest BCUT2D eigenvalue weighted by molar-refractivity contribution is -0.137. The molecule has 2 aromatic rings. The molecule has 3 rings (SSSR count). The Morgan fingerprint density at radius 2 is 2.12 bits per heavy atom. The highest BCUT2D eigenvalue weighted by Crippen LogP contribution is 2.32. The zero-order valence-electron chi connectivity index (χ0n) is 13.8. The molecule has 1 aliphatic rings. The van der Waals surface area contributed by atoms with Crippen LogP contribution in [-0.4, -0.2) is 38.3 Å². The van der Waals surface area contributed by atoms with Crippen LogP contribution in [0.5, 0.6) is 0 Å². The van der Waals surface area contributed by atoms with E-state index >= 15 is 0 Å². The minimum Gasteiger partial charge on any atom is -0.480 e. The number of carbonyl (C=O) groups excluding carboxylic acids is 1. The van der Waals surface area contributed by atoms with Crippen LogP contribution in [0.2, 0.25) is 0 Å². The van der Waals surface area contributed by atoms with Crippen molar-refractivity contribution in [1.82, 2.24) is 14.9 Å². The molecule has 8 heteroatoms. The fraction of sp³-hybridized carbons (Fsp3) is 0.412. The van der Waals surface area contributed by atoms with E-state index in [-0.39, 0.29) is 22.9 Å². The van der Waals surface area contributed by atoms with Crippen molar-refractivity contribution in [2.75, 3.05) is 5.75 Å². The standard InChI is InChI=1S/C17H19N3O4S/c1-10(11-6-7-11)18-14(21)9-25-17-19-13-5-3-2-4-12(13)16(24)20(17)8-15(22)23/h2-5,10-11H,6-9H2,1H3,(H,18,21)(H,22,23)/t10-/m0/s1. The fourth-order valence-corrected chi connectivity index (χ4v) is 3.48. The molecule has 2 N–H and O–H groups in total. The van der Waals surface area contributed by atoms with Gasteiger partial charge in [-0.1, -0.05) is 23.9 Å². The van der Waals surface area contributed by atoms with Gasteiger partial charge in [0.15, 0.2) is 5.16 Å². The fourth-order valence-electron chi connectivity index (χ4n) is 2.67. The predicted octanol–water partition coefficient (Wildman–Crippen LogP) is 1.49. The van der Waals surface area contributed by atoms with Crippen molar-refractivity contribution in [3.8, 4) is 0 Å². The highest BCUT2D eigenvalue weighted by Gasteiger charge is 2.28. The van der Waals surface area contributed by atoms with E-state index < -0.39 is 18.1 Å². The van der Waals surface area contributed by atoms with Crippen LogP contribution in [0.4, 0.5) is 0 Å². The Morgan fingerprint density at radius 1 is 1.40 bits per heavy atom. The Balaban J connectivity index is 1.82. The van der Waals surface area contributed by atoms with Gasteiger partial charge in [-0.05, 0) is 37.8 Å². The highest BCUT2D eigenvalue weighted by atomic mass is 32.2. The summed E-state index contributed by atoms with van der Waals surface area (Å²) in [6.45, 7) is 1.49. The summed E-state index contributed by atoms with van der Waals surface area (Å²) in [6.07, 6.45) is 2.28. The number of rotatable bonds is 7. The van der Waals surface area contributed by atoms with Crippen molar-refractivity contribution in [2.24, 2.45) is 5.92 Å². The molecule has 0 bridgehead atoms. The van der Waals surface area contributed by atoms with Crippen LogP contribution in [0.3, 0.4) is 0 Å². The van der Waals surface area contributed by atoms with Gasteiger partial charge in [0.2, 0.25) is 5.91 Å².